The molecule has 1 atom stereocenters. The summed E-state index contributed by atoms with van der Waals surface area (Å²) in [5, 5.41) is 12.5. The van der Waals surface area contributed by atoms with Gasteiger partial charge >= 0.3 is 5.97 Å². The molecule has 164 valence electrons. The van der Waals surface area contributed by atoms with Crippen LogP contribution < -0.4 is 14.8 Å². The zero-order valence-corrected chi connectivity index (χ0v) is 18.3. The van der Waals surface area contributed by atoms with Crippen molar-refractivity contribution in [1.82, 2.24) is 15.2 Å². The summed E-state index contributed by atoms with van der Waals surface area (Å²) in [5.74, 6) is 1.08. The van der Waals surface area contributed by atoms with E-state index in [0.29, 0.717) is 40.4 Å². The van der Waals surface area contributed by atoms with Gasteiger partial charge in [0.05, 0.1) is 12.2 Å². The Hall–Kier alpha value is -3.59. The van der Waals surface area contributed by atoms with Gasteiger partial charge in [0.1, 0.15) is 5.75 Å². The number of thioether (sulfide) groups is 1. The number of ether oxygens (including phenoxy) is 3. The van der Waals surface area contributed by atoms with E-state index in [2.05, 4.69) is 27.1 Å². The van der Waals surface area contributed by atoms with Gasteiger partial charge in [-0.05, 0) is 25.1 Å². The number of carbonyl (C=O) groups is 1. The second-order valence-corrected chi connectivity index (χ2v) is 7.65. The Morgan fingerprint density at radius 3 is 2.88 bits per heavy atom. The van der Waals surface area contributed by atoms with Crippen LogP contribution in [0.2, 0.25) is 0 Å². The smallest absolute Gasteiger partial charge is 0.344 e. The second kappa shape index (κ2) is 10.1. The molecule has 1 aliphatic rings. The van der Waals surface area contributed by atoms with Crippen LogP contribution >= 0.6 is 11.8 Å². The number of aromatic nitrogens is 3. The van der Waals surface area contributed by atoms with Gasteiger partial charge in [-0.3, -0.25) is 0 Å². The summed E-state index contributed by atoms with van der Waals surface area (Å²) < 4.78 is 17.0. The molecular formula is C23H22N4O4S. The first-order valence-electron chi connectivity index (χ1n) is 10.1. The quantitative estimate of drug-likeness (QED) is 0.307. The van der Waals surface area contributed by atoms with E-state index >= 15 is 0 Å². The molecule has 0 amide bonds. The lowest BCUT2D eigenvalue weighted by atomic mass is 10.1. The van der Waals surface area contributed by atoms with Crippen molar-refractivity contribution in [3.05, 3.63) is 66.7 Å². The van der Waals surface area contributed by atoms with Gasteiger partial charge < -0.3 is 19.5 Å². The average molecular weight is 451 g/mol. The van der Waals surface area contributed by atoms with Crippen LogP contribution in [0.25, 0.3) is 11.3 Å². The van der Waals surface area contributed by atoms with Crippen molar-refractivity contribution in [2.24, 2.45) is 0 Å². The van der Waals surface area contributed by atoms with Crippen molar-refractivity contribution in [2.45, 2.75) is 18.3 Å². The largest absolute Gasteiger partial charge is 0.481 e. The summed E-state index contributed by atoms with van der Waals surface area (Å²) in [6.07, 6.45) is 1.14. The van der Waals surface area contributed by atoms with Crippen LogP contribution in [0.4, 0.5) is 5.69 Å². The number of hydrogen-bond donors (Lipinski definition) is 1. The fourth-order valence-corrected chi connectivity index (χ4v) is 3.66. The monoisotopic (exact) mass is 450 g/mol. The Morgan fingerprint density at radius 1 is 1.22 bits per heavy atom. The predicted octanol–water partition coefficient (Wildman–Crippen LogP) is 4.26. The second-order valence-electron chi connectivity index (χ2n) is 6.67. The summed E-state index contributed by atoms with van der Waals surface area (Å²) in [6, 6.07) is 15.1. The third-order valence-corrected chi connectivity index (χ3v) is 5.35. The molecule has 1 N–H and O–H groups in total. The van der Waals surface area contributed by atoms with Gasteiger partial charge in [-0.15, -0.1) is 16.8 Å². The molecule has 8 nitrogen and oxygen atoms in total. The standard InChI is InChI=1S/C23H22N4O4S/c1-3-13-32-23-25-22-20(26-27-23)15-9-5-7-11-17(15)24-21(31-22)16-10-6-8-12-18(16)30-14-19(28)29-4-2/h3,5-12,21,24H,1,4,13-14H2,2H3. The first kappa shape index (κ1) is 21.6. The molecule has 1 aliphatic heterocycles. The van der Waals surface area contributed by atoms with E-state index in [1.54, 1.807) is 19.1 Å². The van der Waals surface area contributed by atoms with E-state index in [9.17, 15) is 4.79 Å². The molecule has 2 aromatic carbocycles. The van der Waals surface area contributed by atoms with Crippen LogP contribution in [0.5, 0.6) is 11.6 Å². The minimum Gasteiger partial charge on any atom is -0.481 e. The normalized spacial score (nSPS) is 14.1. The van der Waals surface area contributed by atoms with Gasteiger partial charge in [0, 0.05) is 17.0 Å². The van der Waals surface area contributed by atoms with Crippen LogP contribution in [0.3, 0.4) is 0 Å². The summed E-state index contributed by atoms with van der Waals surface area (Å²) in [6.45, 7) is 5.58. The van der Waals surface area contributed by atoms with Crippen molar-refractivity contribution < 1.29 is 19.0 Å². The number of fused-ring (bicyclic) bond motifs is 3. The van der Waals surface area contributed by atoms with Gasteiger partial charge in [0.15, 0.2) is 12.3 Å². The lowest BCUT2D eigenvalue weighted by Gasteiger charge is -2.21. The van der Waals surface area contributed by atoms with Gasteiger partial charge in [0.2, 0.25) is 17.3 Å². The minimum absolute atomic E-state index is 0.198. The minimum atomic E-state index is -0.634. The number of hydrogen-bond acceptors (Lipinski definition) is 9. The number of anilines is 1. The van der Waals surface area contributed by atoms with Crippen LogP contribution in [-0.2, 0) is 9.53 Å². The highest BCUT2D eigenvalue weighted by Crippen LogP contribution is 2.41. The molecule has 0 aliphatic carbocycles. The maximum atomic E-state index is 11.8. The SMILES string of the molecule is C=CCSc1nnc2c(n1)OC(c1ccccc1OCC(=O)OCC)Nc1ccccc1-2. The van der Waals surface area contributed by atoms with E-state index < -0.39 is 12.2 Å². The zero-order valence-electron chi connectivity index (χ0n) is 17.5. The Morgan fingerprint density at radius 2 is 2.03 bits per heavy atom. The molecule has 0 saturated carbocycles. The van der Waals surface area contributed by atoms with E-state index in [-0.39, 0.29) is 6.61 Å². The molecule has 9 heteroatoms. The van der Waals surface area contributed by atoms with Crippen molar-refractivity contribution >= 4 is 23.4 Å². The van der Waals surface area contributed by atoms with E-state index in [0.717, 1.165) is 11.3 Å². The number of esters is 1. The maximum Gasteiger partial charge on any atom is 0.344 e. The lowest BCUT2D eigenvalue weighted by molar-refractivity contribution is -0.145. The van der Waals surface area contributed by atoms with Crippen LogP contribution in [0, 0.1) is 0 Å². The van der Waals surface area contributed by atoms with Gasteiger partial charge in [-0.1, -0.05) is 48.2 Å². The molecule has 32 heavy (non-hydrogen) atoms. The molecule has 4 rings (SSSR count). The van der Waals surface area contributed by atoms with Crippen molar-refractivity contribution in [3.8, 4) is 22.9 Å². The number of para-hydroxylation sites is 2. The number of carbonyl (C=O) groups excluding carboxylic acids is 1. The first-order chi connectivity index (χ1) is 15.7. The molecule has 0 saturated heterocycles. The summed E-state index contributed by atoms with van der Waals surface area (Å²) in [4.78, 5) is 16.4. The molecule has 1 unspecified atom stereocenters. The van der Waals surface area contributed by atoms with Gasteiger partial charge in [-0.2, -0.15) is 4.98 Å². The molecule has 3 aromatic rings. The molecule has 0 radical (unpaired) electrons. The number of nitrogens with one attached hydrogen (secondary N) is 1. The third kappa shape index (κ3) is 4.83. The van der Waals surface area contributed by atoms with E-state index in [1.165, 1.54) is 11.8 Å². The van der Waals surface area contributed by atoms with E-state index in [4.69, 9.17) is 14.2 Å². The van der Waals surface area contributed by atoms with Gasteiger partial charge in [0.25, 0.3) is 0 Å². The first-order valence-corrected chi connectivity index (χ1v) is 11.1. The molecule has 2 heterocycles. The van der Waals surface area contributed by atoms with Crippen LogP contribution in [0.1, 0.15) is 18.7 Å². The van der Waals surface area contributed by atoms with Crippen LogP contribution in [-0.4, -0.2) is 40.1 Å². The summed E-state index contributed by atoms with van der Waals surface area (Å²) in [7, 11) is 0. The Kier molecular flexibility index (Phi) is 6.86. The number of nitrogens with zero attached hydrogens (tertiary/aromatic N) is 3. The summed E-state index contributed by atoms with van der Waals surface area (Å²) in [5.41, 5.74) is 2.90. The fraction of sp³-hybridized carbons (Fsp3) is 0.217. The molecule has 0 spiro atoms. The third-order valence-electron chi connectivity index (χ3n) is 4.52. The van der Waals surface area contributed by atoms with Crippen molar-refractivity contribution in [2.75, 3.05) is 24.3 Å². The van der Waals surface area contributed by atoms with Gasteiger partial charge in [-0.25, -0.2) is 4.79 Å². The number of rotatable bonds is 8. The zero-order chi connectivity index (χ0) is 22.3. The van der Waals surface area contributed by atoms with Crippen LogP contribution in [0.15, 0.2) is 66.3 Å². The highest BCUT2D eigenvalue weighted by molar-refractivity contribution is 7.99. The lowest BCUT2D eigenvalue weighted by Crippen LogP contribution is -2.20. The predicted molar refractivity (Wildman–Crippen MR) is 122 cm³/mol. The van der Waals surface area contributed by atoms with E-state index in [1.807, 2.05) is 42.5 Å². The molecule has 1 aromatic heterocycles. The van der Waals surface area contributed by atoms with Crippen molar-refractivity contribution in [1.29, 1.82) is 0 Å². The average Bonchev–Trinajstić information content (AvgIpc) is 2.98. The molecular weight excluding hydrogens is 428 g/mol. The molecule has 0 bridgehead atoms. The Bertz CT molecular complexity index is 1120. The fourth-order valence-electron chi connectivity index (χ4n) is 3.15. The highest BCUT2D eigenvalue weighted by Gasteiger charge is 2.28. The molecule has 0 fully saturated rings. The highest BCUT2D eigenvalue weighted by atomic mass is 32.2. The topological polar surface area (TPSA) is 95.5 Å². The number of benzene rings is 2. The summed E-state index contributed by atoms with van der Waals surface area (Å²) >= 11 is 1.42. The Labute approximate surface area is 190 Å². The Balaban J connectivity index is 1.70. The van der Waals surface area contributed by atoms with Crippen molar-refractivity contribution in [3.63, 3.8) is 0 Å². The maximum absolute atomic E-state index is 11.8.